The molecule has 0 saturated carbocycles. The van der Waals surface area contributed by atoms with Gasteiger partial charge in [-0.25, -0.2) is 0 Å². The van der Waals surface area contributed by atoms with Gasteiger partial charge in [0.05, 0.1) is 13.1 Å². The molecule has 0 fully saturated rings. The third kappa shape index (κ3) is 15.5. The van der Waals surface area contributed by atoms with Crippen molar-refractivity contribution >= 4 is 23.9 Å². The van der Waals surface area contributed by atoms with Gasteiger partial charge in [0.15, 0.2) is 5.92 Å². The summed E-state index contributed by atoms with van der Waals surface area (Å²) in [5.41, 5.74) is -0.249. The van der Waals surface area contributed by atoms with Gasteiger partial charge >= 0.3 is 23.9 Å². The van der Waals surface area contributed by atoms with Crippen molar-refractivity contribution in [2.45, 2.75) is 66.2 Å². The molecule has 11 nitrogen and oxygen atoms in total. The molecule has 226 valence electrons. The van der Waals surface area contributed by atoms with Crippen LogP contribution in [0.4, 0.5) is 0 Å². The Morgan fingerprint density at radius 1 is 0.725 bits per heavy atom. The molecular formula is C29H47N3O8. The Hall–Kier alpha value is -3.02. The first kappa shape index (κ1) is 35.0. The number of hydrogen-bond donors (Lipinski definition) is 2. The van der Waals surface area contributed by atoms with Gasteiger partial charge in [0.1, 0.15) is 11.2 Å². The maximum atomic E-state index is 12.6. The largest absolute Gasteiger partial charge is 0.481 e. The molecule has 0 aliphatic rings. The number of carboxylic acids is 2. The van der Waals surface area contributed by atoms with Crippen LogP contribution in [0.2, 0.25) is 0 Å². The number of hydrogen-bond acceptors (Lipinski definition) is 9. The third-order valence-corrected chi connectivity index (χ3v) is 5.74. The minimum Gasteiger partial charge on any atom is -0.481 e. The molecule has 11 heteroatoms. The molecule has 0 aliphatic carbocycles. The number of carbonyl (C=O) groups is 4. The molecule has 0 heterocycles. The van der Waals surface area contributed by atoms with E-state index in [-0.39, 0.29) is 32.1 Å². The lowest BCUT2D eigenvalue weighted by atomic mass is 10.1. The number of nitrogens with zero attached hydrogens (tertiary/aromatic N) is 3. The molecule has 0 atom stereocenters. The number of esters is 2. The lowest BCUT2D eigenvalue weighted by molar-refractivity contribution is -0.160. The average Bonchev–Trinajstić information content (AvgIpc) is 2.80. The van der Waals surface area contributed by atoms with Gasteiger partial charge in [0, 0.05) is 39.3 Å². The average molecular weight is 566 g/mol. The molecule has 0 saturated heterocycles. The van der Waals surface area contributed by atoms with Gasteiger partial charge in [0.25, 0.3) is 0 Å². The van der Waals surface area contributed by atoms with E-state index >= 15 is 0 Å². The monoisotopic (exact) mass is 565 g/mol. The number of ether oxygens (including phenoxy) is 2. The van der Waals surface area contributed by atoms with Crippen LogP contribution >= 0.6 is 0 Å². The number of benzene rings is 1. The van der Waals surface area contributed by atoms with Crippen LogP contribution in [0.15, 0.2) is 30.3 Å². The molecule has 0 amide bonds. The van der Waals surface area contributed by atoms with Gasteiger partial charge in [-0.3, -0.25) is 33.9 Å². The first-order chi connectivity index (χ1) is 18.5. The standard InChI is InChI=1S/C29H47N3O8/c1-8-30(20-24(33)39-28(2,3)4)14-15-31(18-22-12-10-9-11-13-22)16-17-32(19-23(26(35)36)27(37)38)21-25(34)40-29(5,6)7/h9-13,23H,8,14-21H2,1-7H3,(H,35,36)(H,37,38). The quantitative estimate of drug-likeness (QED) is 0.213. The molecule has 40 heavy (non-hydrogen) atoms. The highest BCUT2D eigenvalue weighted by molar-refractivity contribution is 5.93. The van der Waals surface area contributed by atoms with E-state index in [0.29, 0.717) is 32.7 Å². The lowest BCUT2D eigenvalue weighted by Crippen LogP contribution is -2.46. The number of carbonyl (C=O) groups excluding carboxylic acids is 2. The van der Waals surface area contributed by atoms with E-state index in [1.54, 1.807) is 20.8 Å². The maximum absolute atomic E-state index is 12.6. The van der Waals surface area contributed by atoms with Crippen LogP contribution in [0.5, 0.6) is 0 Å². The SMILES string of the molecule is CCN(CCN(CCN(CC(=O)OC(C)(C)C)CC(C(=O)O)C(=O)O)Cc1ccccc1)CC(=O)OC(C)(C)C. The molecular weight excluding hydrogens is 518 g/mol. The zero-order valence-corrected chi connectivity index (χ0v) is 25.0. The molecule has 0 aliphatic heterocycles. The molecule has 0 spiro atoms. The first-order valence-electron chi connectivity index (χ1n) is 13.6. The normalized spacial score (nSPS) is 12.3. The summed E-state index contributed by atoms with van der Waals surface area (Å²) in [5.74, 6) is -5.49. The van der Waals surface area contributed by atoms with Crippen LogP contribution in [0.3, 0.4) is 0 Å². The van der Waals surface area contributed by atoms with Crippen LogP contribution in [0.25, 0.3) is 0 Å². The number of rotatable bonds is 17. The van der Waals surface area contributed by atoms with Crippen molar-refractivity contribution in [1.29, 1.82) is 0 Å². The summed E-state index contributed by atoms with van der Waals surface area (Å²) in [6.07, 6.45) is 0. The van der Waals surface area contributed by atoms with E-state index in [0.717, 1.165) is 5.56 Å². The van der Waals surface area contributed by atoms with Crippen molar-refractivity contribution in [3.63, 3.8) is 0 Å². The molecule has 1 aromatic carbocycles. The molecule has 0 unspecified atom stereocenters. The summed E-state index contributed by atoms with van der Waals surface area (Å²) in [7, 11) is 0. The highest BCUT2D eigenvalue weighted by Crippen LogP contribution is 2.11. The van der Waals surface area contributed by atoms with Crippen LogP contribution in [-0.4, -0.2) is 112 Å². The second kappa shape index (κ2) is 16.3. The van der Waals surface area contributed by atoms with Crippen molar-refractivity contribution in [1.82, 2.24) is 14.7 Å². The topological polar surface area (TPSA) is 137 Å². The van der Waals surface area contributed by atoms with Crippen molar-refractivity contribution < 1.29 is 38.9 Å². The predicted molar refractivity (Wildman–Crippen MR) is 151 cm³/mol. The Balaban J connectivity index is 3.03. The van der Waals surface area contributed by atoms with E-state index in [2.05, 4.69) is 4.90 Å². The van der Waals surface area contributed by atoms with Crippen LogP contribution in [0, 0.1) is 5.92 Å². The maximum Gasteiger partial charge on any atom is 0.320 e. The first-order valence-corrected chi connectivity index (χ1v) is 13.6. The van der Waals surface area contributed by atoms with E-state index in [1.807, 2.05) is 62.9 Å². The Morgan fingerprint density at radius 3 is 1.57 bits per heavy atom. The zero-order chi connectivity index (χ0) is 30.5. The van der Waals surface area contributed by atoms with Gasteiger partial charge in [-0.1, -0.05) is 37.3 Å². The van der Waals surface area contributed by atoms with Gasteiger partial charge in [0.2, 0.25) is 0 Å². The molecule has 2 N–H and O–H groups in total. The fourth-order valence-electron chi connectivity index (χ4n) is 3.89. The Labute approximate surface area is 238 Å². The van der Waals surface area contributed by atoms with Crippen LogP contribution in [0.1, 0.15) is 54.0 Å². The number of carboxylic acid groups (broad SMARTS) is 2. The smallest absolute Gasteiger partial charge is 0.320 e. The van der Waals surface area contributed by atoms with E-state index in [4.69, 9.17) is 9.47 Å². The van der Waals surface area contributed by atoms with Gasteiger partial charge in [-0.2, -0.15) is 0 Å². The summed E-state index contributed by atoms with van der Waals surface area (Å²) in [4.78, 5) is 53.7. The van der Waals surface area contributed by atoms with Gasteiger partial charge < -0.3 is 19.7 Å². The van der Waals surface area contributed by atoms with Crippen molar-refractivity contribution in [2.75, 3.05) is 52.4 Å². The summed E-state index contributed by atoms with van der Waals surface area (Å²) in [6, 6.07) is 9.79. The lowest BCUT2D eigenvalue weighted by Gasteiger charge is -2.31. The summed E-state index contributed by atoms with van der Waals surface area (Å²) < 4.78 is 10.9. The molecule has 1 aromatic rings. The van der Waals surface area contributed by atoms with Gasteiger partial charge in [-0.05, 0) is 53.7 Å². The number of aliphatic carboxylic acids is 2. The van der Waals surface area contributed by atoms with E-state index in [1.165, 1.54) is 4.90 Å². The van der Waals surface area contributed by atoms with Crippen LogP contribution < -0.4 is 0 Å². The highest BCUT2D eigenvalue weighted by Gasteiger charge is 2.30. The molecule has 0 aromatic heterocycles. The summed E-state index contributed by atoms with van der Waals surface area (Å²) in [5, 5.41) is 18.8. The Kier molecular flexibility index (Phi) is 14.3. The third-order valence-electron chi connectivity index (χ3n) is 5.74. The van der Waals surface area contributed by atoms with Crippen molar-refractivity contribution in [3.05, 3.63) is 35.9 Å². The fourth-order valence-corrected chi connectivity index (χ4v) is 3.89. The highest BCUT2D eigenvalue weighted by atomic mass is 16.6. The van der Waals surface area contributed by atoms with Gasteiger partial charge in [-0.15, -0.1) is 0 Å². The Bertz CT molecular complexity index is 942. The van der Waals surface area contributed by atoms with Crippen LogP contribution in [-0.2, 0) is 35.2 Å². The second-order valence-electron chi connectivity index (χ2n) is 11.8. The second-order valence-corrected chi connectivity index (χ2v) is 11.8. The van der Waals surface area contributed by atoms with E-state index < -0.39 is 35.0 Å². The molecule has 0 bridgehead atoms. The minimum absolute atomic E-state index is 0.149. The Morgan fingerprint density at radius 2 is 1.15 bits per heavy atom. The zero-order valence-electron chi connectivity index (χ0n) is 25.0. The van der Waals surface area contributed by atoms with Crippen molar-refractivity contribution in [3.8, 4) is 0 Å². The predicted octanol–water partition coefficient (Wildman–Crippen LogP) is 2.58. The van der Waals surface area contributed by atoms with Crippen molar-refractivity contribution in [2.24, 2.45) is 5.92 Å². The van der Waals surface area contributed by atoms with E-state index in [9.17, 15) is 29.4 Å². The number of likely N-dealkylation sites (N-methyl/N-ethyl adjacent to an activating group) is 1. The summed E-state index contributed by atoms with van der Waals surface area (Å²) in [6.45, 7) is 15.2. The molecule has 1 rings (SSSR count). The fraction of sp³-hybridized carbons (Fsp3) is 0.655. The minimum atomic E-state index is -1.69. The summed E-state index contributed by atoms with van der Waals surface area (Å²) >= 11 is 0. The molecule has 0 radical (unpaired) electrons.